The van der Waals surface area contributed by atoms with Crippen LogP contribution in [0.25, 0.3) is 0 Å². The van der Waals surface area contributed by atoms with E-state index in [1.54, 1.807) is 0 Å². The summed E-state index contributed by atoms with van der Waals surface area (Å²) in [6.45, 7) is 0.414. The number of carbonyl (C=O) groups excluding carboxylic acids is 1. The molecule has 2 heterocycles. The van der Waals surface area contributed by atoms with Gasteiger partial charge in [0.15, 0.2) is 0 Å². The third kappa shape index (κ3) is 4.33. The van der Waals surface area contributed by atoms with Crippen LogP contribution in [0.4, 0.5) is 13.2 Å². The lowest BCUT2D eigenvalue weighted by atomic mass is 10.1. The van der Waals surface area contributed by atoms with E-state index in [9.17, 15) is 26.4 Å². The number of esters is 1. The Morgan fingerprint density at radius 3 is 2.56 bits per heavy atom. The average Bonchev–Trinajstić information content (AvgIpc) is 3.31. The largest absolute Gasteiger partial charge is 0.457 e. The van der Waals surface area contributed by atoms with Crippen molar-refractivity contribution < 1.29 is 31.1 Å². The van der Waals surface area contributed by atoms with Crippen molar-refractivity contribution in [3.63, 3.8) is 0 Å². The van der Waals surface area contributed by atoms with Crippen LogP contribution < -0.4 is 0 Å². The fourth-order valence-corrected chi connectivity index (χ4v) is 5.57. The van der Waals surface area contributed by atoms with Gasteiger partial charge in [-0.1, -0.05) is 12.1 Å². The van der Waals surface area contributed by atoms with Crippen LogP contribution in [-0.4, -0.2) is 31.8 Å². The normalized spacial score (nSPS) is 15.8. The van der Waals surface area contributed by atoms with E-state index in [4.69, 9.17) is 4.74 Å². The second kappa shape index (κ2) is 7.61. The molecule has 0 spiro atoms. The molecule has 3 rings (SSSR count). The topological polar surface area (TPSA) is 63.7 Å². The van der Waals surface area contributed by atoms with Gasteiger partial charge in [-0.2, -0.15) is 17.5 Å². The summed E-state index contributed by atoms with van der Waals surface area (Å²) in [5, 5.41) is 1.48. The van der Waals surface area contributed by atoms with Gasteiger partial charge in [-0.05, 0) is 42.0 Å². The first kappa shape index (κ1) is 19.8. The summed E-state index contributed by atoms with van der Waals surface area (Å²) in [6, 6.07) is 5.79. The van der Waals surface area contributed by atoms with E-state index in [1.807, 2.05) is 0 Å². The lowest BCUT2D eigenvalue weighted by molar-refractivity contribution is -0.137. The summed E-state index contributed by atoms with van der Waals surface area (Å²) in [6.07, 6.45) is -2.97. The molecule has 146 valence electrons. The van der Waals surface area contributed by atoms with Gasteiger partial charge in [-0.15, -0.1) is 11.3 Å². The predicted molar refractivity (Wildman–Crippen MR) is 92.9 cm³/mol. The summed E-state index contributed by atoms with van der Waals surface area (Å²) in [4.78, 5) is 12.1. The van der Waals surface area contributed by atoms with E-state index in [-0.39, 0.29) is 21.9 Å². The van der Waals surface area contributed by atoms with E-state index < -0.39 is 27.7 Å². The fraction of sp³-hybridized carbons (Fsp3) is 0.353. The smallest absolute Gasteiger partial charge is 0.416 e. The van der Waals surface area contributed by atoms with Crippen molar-refractivity contribution in [2.75, 3.05) is 13.1 Å². The van der Waals surface area contributed by atoms with Gasteiger partial charge in [0.25, 0.3) is 0 Å². The number of alkyl halides is 3. The van der Waals surface area contributed by atoms with Gasteiger partial charge in [-0.3, -0.25) is 0 Å². The number of carbonyl (C=O) groups is 1. The van der Waals surface area contributed by atoms with Gasteiger partial charge < -0.3 is 4.74 Å². The van der Waals surface area contributed by atoms with Crippen LogP contribution in [-0.2, 0) is 27.5 Å². The van der Waals surface area contributed by atoms with Crippen molar-refractivity contribution >= 4 is 27.3 Å². The molecule has 0 radical (unpaired) electrons. The van der Waals surface area contributed by atoms with Gasteiger partial charge >= 0.3 is 12.1 Å². The standard InChI is InChI=1S/C17H16F3NO4S2/c18-17(19,20)13-5-3-4-12(10-13)11-25-16(22)15-14(6-9-26-15)27(23,24)21-7-1-2-8-21/h3-6,9-10H,1-2,7-8,11H2. The van der Waals surface area contributed by atoms with E-state index in [2.05, 4.69) is 0 Å². The summed E-state index contributed by atoms with van der Waals surface area (Å²) < 4.78 is 69.9. The molecule has 1 aromatic heterocycles. The number of sulfonamides is 1. The Kier molecular flexibility index (Phi) is 5.59. The van der Waals surface area contributed by atoms with Crippen LogP contribution in [0.2, 0.25) is 0 Å². The van der Waals surface area contributed by atoms with Crippen LogP contribution >= 0.6 is 11.3 Å². The Bertz CT molecular complexity index is 932. The highest BCUT2D eigenvalue weighted by atomic mass is 32.2. The molecule has 0 unspecified atom stereocenters. The van der Waals surface area contributed by atoms with Gasteiger partial charge in [0, 0.05) is 13.1 Å². The molecular formula is C17H16F3NO4S2. The fourth-order valence-electron chi connectivity index (χ4n) is 2.77. The lowest BCUT2D eigenvalue weighted by Gasteiger charge is -2.15. The molecule has 1 aliphatic rings. The molecule has 10 heteroatoms. The molecule has 0 aliphatic carbocycles. The second-order valence-electron chi connectivity index (χ2n) is 6.00. The number of benzene rings is 1. The van der Waals surface area contributed by atoms with Crippen molar-refractivity contribution in [1.82, 2.24) is 4.31 Å². The molecule has 1 aromatic carbocycles. The minimum atomic E-state index is -4.50. The zero-order valence-corrected chi connectivity index (χ0v) is 15.7. The minimum absolute atomic E-state index is 0.0751. The summed E-state index contributed by atoms with van der Waals surface area (Å²) in [5.41, 5.74) is -0.678. The summed E-state index contributed by atoms with van der Waals surface area (Å²) in [5.74, 6) is -0.875. The van der Waals surface area contributed by atoms with Crippen molar-refractivity contribution in [3.05, 3.63) is 51.7 Å². The van der Waals surface area contributed by atoms with Crippen LogP contribution in [0, 0.1) is 0 Å². The van der Waals surface area contributed by atoms with E-state index in [0.29, 0.717) is 13.1 Å². The maximum atomic E-state index is 12.7. The van der Waals surface area contributed by atoms with E-state index >= 15 is 0 Å². The predicted octanol–water partition coefficient (Wildman–Crippen LogP) is 3.91. The molecule has 1 aliphatic heterocycles. The van der Waals surface area contributed by atoms with Gasteiger partial charge in [0.05, 0.1) is 5.56 Å². The third-order valence-corrected chi connectivity index (χ3v) is 7.09. The highest BCUT2D eigenvalue weighted by Gasteiger charge is 2.33. The molecule has 5 nitrogen and oxygen atoms in total. The highest BCUT2D eigenvalue weighted by Crippen LogP contribution is 2.30. The average molecular weight is 419 g/mol. The Balaban J connectivity index is 1.74. The molecule has 0 saturated carbocycles. The Labute approximate surface area is 158 Å². The molecule has 0 bridgehead atoms. The number of hydrogen-bond donors (Lipinski definition) is 0. The SMILES string of the molecule is O=C(OCc1cccc(C(F)(F)F)c1)c1sccc1S(=O)(=O)N1CCCC1. The first-order valence-corrected chi connectivity index (χ1v) is 10.4. The van der Waals surface area contributed by atoms with E-state index in [1.165, 1.54) is 27.9 Å². The van der Waals surface area contributed by atoms with Gasteiger partial charge in [0.1, 0.15) is 16.4 Å². The number of halogens is 3. The van der Waals surface area contributed by atoms with Crippen LogP contribution in [0.5, 0.6) is 0 Å². The zero-order valence-electron chi connectivity index (χ0n) is 14.0. The van der Waals surface area contributed by atoms with E-state index in [0.717, 1.165) is 36.3 Å². The Hall–Kier alpha value is -1.91. The Morgan fingerprint density at radius 2 is 1.89 bits per heavy atom. The number of hydrogen-bond acceptors (Lipinski definition) is 5. The summed E-state index contributed by atoms with van der Waals surface area (Å²) >= 11 is 0.925. The molecule has 27 heavy (non-hydrogen) atoms. The molecular weight excluding hydrogens is 403 g/mol. The van der Waals surface area contributed by atoms with Crippen molar-refractivity contribution in [2.24, 2.45) is 0 Å². The van der Waals surface area contributed by atoms with Crippen LogP contribution in [0.3, 0.4) is 0 Å². The molecule has 0 amide bonds. The third-order valence-electron chi connectivity index (χ3n) is 4.12. The number of rotatable bonds is 5. The molecule has 1 saturated heterocycles. The lowest BCUT2D eigenvalue weighted by Crippen LogP contribution is -2.28. The first-order chi connectivity index (χ1) is 12.7. The highest BCUT2D eigenvalue weighted by molar-refractivity contribution is 7.89. The second-order valence-corrected chi connectivity index (χ2v) is 8.82. The van der Waals surface area contributed by atoms with Crippen LogP contribution in [0.1, 0.15) is 33.6 Å². The maximum Gasteiger partial charge on any atom is 0.416 e. The monoisotopic (exact) mass is 419 g/mol. The first-order valence-electron chi connectivity index (χ1n) is 8.10. The van der Waals surface area contributed by atoms with Crippen molar-refractivity contribution in [3.8, 4) is 0 Å². The van der Waals surface area contributed by atoms with Crippen molar-refractivity contribution in [1.29, 1.82) is 0 Å². The van der Waals surface area contributed by atoms with Crippen molar-refractivity contribution in [2.45, 2.75) is 30.5 Å². The molecule has 2 aromatic rings. The number of nitrogens with zero attached hydrogens (tertiary/aromatic N) is 1. The Morgan fingerprint density at radius 1 is 1.19 bits per heavy atom. The number of thiophene rings is 1. The maximum absolute atomic E-state index is 12.7. The summed E-state index contributed by atoms with van der Waals surface area (Å²) in [7, 11) is -3.79. The van der Waals surface area contributed by atoms with Crippen LogP contribution in [0.15, 0.2) is 40.6 Å². The molecule has 0 N–H and O–H groups in total. The quantitative estimate of drug-likeness (QED) is 0.690. The zero-order chi connectivity index (χ0) is 19.7. The molecule has 1 fully saturated rings. The molecule has 0 atom stereocenters. The number of ether oxygens (including phenoxy) is 1. The van der Waals surface area contributed by atoms with Gasteiger partial charge in [0.2, 0.25) is 10.0 Å². The minimum Gasteiger partial charge on any atom is -0.457 e. The van der Waals surface area contributed by atoms with Gasteiger partial charge in [-0.25, -0.2) is 13.2 Å².